The van der Waals surface area contributed by atoms with Crippen molar-refractivity contribution in [3.05, 3.63) is 163 Å². The Balaban J connectivity index is 1.38. The molecule has 43 heavy (non-hydrogen) atoms. The molecule has 1 unspecified atom stereocenters. The second-order valence-electron chi connectivity index (χ2n) is 11.6. The van der Waals surface area contributed by atoms with E-state index < -0.39 is 15.8 Å². The quantitative estimate of drug-likeness (QED) is 0.156. The van der Waals surface area contributed by atoms with Crippen LogP contribution in [-0.2, 0) is 0 Å². The van der Waals surface area contributed by atoms with Gasteiger partial charge >= 0.3 is 0 Å². The summed E-state index contributed by atoms with van der Waals surface area (Å²) in [6.45, 7) is 2.37. The Morgan fingerprint density at radius 3 is 1.47 bits per heavy atom. The van der Waals surface area contributed by atoms with Crippen molar-refractivity contribution in [3.8, 4) is 0 Å². The van der Waals surface area contributed by atoms with Crippen LogP contribution >= 0.6 is 15.8 Å². The third-order valence-electron chi connectivity index (χ3n) is 8.94. The maximum absolute atomic E-state index is 2.84. The molecule has 0 bridgehead atoms. The van der Waals surface area contributed by atoms with Crippen molar-refractivity contribution in [1.29, 1.82) is 0 Å². The Morgan fingerprint density at radius 1 is 0.512 bits per heavy atom. The zero-order chi connectivity index (χ0) is 28.8. The predicted molar refractivity (Wildman–Crippen MR) is 189 cm³/mol. The first-order chi connectivity index (χ1) is 21.4. The first-order valence-electron chi connectivity index (χ1n) is 15.7. The summed E-state index contributed by atoms with van der Waals surface area (Å²) >= 11 is 0. The van der Waals surface area contributed by atoms with Crippen LogP contribution in [0.15, 0.2) is 157 Å². The van der Waals surface area contributed by atoms with Gasteiger partial charge in [0.2, 0.25) is 0 Å². The fourth-order valence-corrected chi connectivity index (χ4v) is 12.3. The Labute approximate surface area is 259 Å². The van der Waals surface area contributed by atoms with E-state index in [-0.39, 0.29) is 0 Å². The molecule has 1 fully saturated rings. The maximum Gasteiger partial charge on any atom is 0.0423 e. The van der Waals surface area contributed by atoms with E-state index >= 15 is 0 Å². The van der Waals surface area contributed by atoms with Crippen LogP contribution in [0.25, 0.3) is 0 Å². The van der Waals surface area contributed by atoms with E-state index in [2.05, 4.69) is 157 Å². The van der Waals surface area contributed by atoms with Gasteiger partial charge in [-0.25, -0.2) is 0 Å². The molecule has 1 aliphatic heterocycles. The molecule has 3 heteroatoms. The van der Waals surface area contributed by atoms with Gasteiger partial charge in [-0.2, -0.15) is 0 Å². The average molecular weight is 596 g/mol. The third kappa shape index (κ3) is 6.05. The van der Waals surface area contributed by atoms with Crippen molar-refractivity contribution in [3.63, 3.8) is 0 Å². The molecule has 0 radical (unpaired) electrons. The van der Waals surface area contributed by atoms with Gasteiger partial charge in [0.25, 0.3) is 0 Å². The summed E-state index contributed by atoms with van der Waals surface area (Å²) in [6.07, 6.45) is 7.60. The molecule has 0 aromatic heterocycles. The zero-order valence-electron chi connectivity index (χ0n) is 24.7. The van der Waals surface area contributed by atoms with Crippen LogP contribution < -0.4 is 26.5 Å². The number of benzene rings is 5. The topological polar surface area (TPSA) is 3.24 Å². The molecule has 1 aliphatic carbocycles. The number of nitrogens with zero attached hydrogens (tertiary/aromatic N) is 1. The van der Waals surface area contributed by atoms with Crippen LogP contribution in [0.3, 0.4) is 0 Å². The summed E-state index contributed by atoms with van der Waals surface area (Å²) in [6, 6.07) is 55.0. The minimum absolute atomic E-state index is 0.377. The molecule has 0 N–H and O–H groups in total. The highest BCUT2D eigenvalue weighted by molar-refractivity contribution is 7.80. The van der Waals surface area contributed by atoms with Crippen LogP contribution in [0, 0.1) is 5.92 Å². The van der Waals surface area contributed by atoms with Crippen molar-refractivity contribution in [2.75, 3.05) is 13.1 Å². The number of hydrogen-bond acceptors (Lipinski definition) is 1. The van der Waals surface area contributed by atoms with E-state index in [0.717, 1.165) is 6.42 Å². The molecular weight excluding hydrogens is 556 g/mol. The standard InChI is InChI=1S/C40H39NP2/c1-5-18-32(19-6-1)42(33-20-7-2-8-21-33)38-28-14-13-26-36(38)40(41-30-15-16-31-41)37-27-17-29-39(37)43(34-22-9-3-10-23-34)35-24-11-4-12-25-35/h1-14,18-26,28-29,37,40H,15-17,27,30-31H2/t37-,40?/m0/s1. The van der Waals surface area contributed by atoms with Gasteiger partial charge < -0.3 is 0 Å². The molecule has 2 aliphatic rings. The van der Waals surface area contributed by atoms with Gasteiger partial charge in [0.05, 0.1) is 0 Å². The van der Waals surface area contributed by atoms with E-state index in [1.54, 1.807) is 5.31 Å². The van der Waals surface area contributed by atoms with Gasteiger partial charge in [-0.1, -0.05) is 152 Å². The highest BCUT2D eigenvalue weighted by Gasteiger charge is 2.39. The van der Waals surface area contributed by atoms with Crippen LogP contribution in [-0.4, -0.2) is 18.0 Å². The van der Waals surface area contributed by atoms with E-state index in [1.807, 2.05) is 0 Å². The molecule has 0 amide bonds. The second-order valence-corrected chi connectivity index (χ2v) is 16.0. The summed E-state index contributed by atoms with van der Waals surface area (Å²) in [5, 5.41) is 8.96. The Hall–Kier alpha value is -3.34. The summed E-state index contributed by atoms with van der Waals surface area (Å²) < 4.78 is 0. The molecule has 5 aromatic carbocycles. The number of hydrogen-bond donors (Lipinski definition) is 0. The normalized spacial score (nSPS) is 17.8. The van der Waals surface area contributed by atoms with E-state index in [9.17, 15) is 0 Å². The molecule has 2 atom stereocenters. The molecule has 5 aromatic rings. The van der Waals surface area contributed by atoms with Gasteiger partial charge in [-0.3, -0.25) is 4.90 Å². The Morgan fingerprint density at radius 2 is 0.953 bits per heavy atom. The second kappa shape index (κ2) is 13.5. The first-order valence-corrected chi connectivity index (χ1v) is 18.4. The summed E-state index contributed by atoms with van der Waals surface area (Å²) in [7, 11) is -1.29. The molecule has 1 nitrogen and oxygen atoms in total. The fraction of sp³-hybridized carbons (Fsp3) is 0.200. The lowest BCUT2D eigenvalue weighted by Crippen LogP contribution is -2.36. The lowest BCUT2D eigenvalue weighted by Gasteiger charge is -2.39. The van der Waals surface area contributed by atoms with Crippen LogP contribution in [0.4, 0.5) is 0 Å². The number of likely N-dealkylation sites (tertiary alicyclic amines) is 1. The minimum atomic E-state index is -0.686. The average Bonchev–Trinajstić information content (AvgIpc) is 3.78. The molecule has 7 rings (SSSR count). The SMILES string of the molecule is C1=C(P(c2ccccc2)c2ccccc2)[C@@H](C(c2ccccc2P(c2ccccc2)c2ccccc2)N2CCCC2)CC1. The first kappa shape index (κ1) is 28.4. The Bertz CT molecular complexity index is 1550. The number of rotatable bonds is 9. The summed E-state index contributed by atoms with van der Waals surface area (Å²) in [5.41, 5.74) is 1.54. The number of allylic oxidation sites excluding steroid dienone is 1. The van der Waals surface area contributed by atoms with Crippen molar-refractivity contribution in [2.24, 2.45) is 5.92 Å². The van der Waals surface area contributed by atoms with Crippen molar-refractivity contribution in [1.82, 2.24) is 4.90 Å². The van der Waals surface area contributed by atoms with Crippen molar-refractivity contribution >= 4 is 42.4 Å². The largest absolute Gasteiger partial charge is 0.296 e. The lowest BCUT2D eigenvalue weighted by molar-refractivity contribution is 0.196. The minimum Gasteiger partial charge on any atom is -0.296 e. The summed E-state index contributed by atoms with van der Waals surface area (Å²) in [4.78, 5) is 2.84. The van der Waals surface area contributed by atoms with E-state index in [0.29, 0.717) is 12.0 Å². The molecule has 0 spiro atoms. The molecule has 1 heterocycles. The Kier molecular flexibility index (Phi) is 8.95. The highest BCUT2D eigenvalue weighted by Crippen LogP contribution is 2.56. The molecular formula is C40H39NP2. The monoisotopic (exact) mass is 595 g/mol. The van der Waals surface area contributed by atoms with Gasteiger partial charge in [0.1, 0.15) is 0 Å². The molecule has 214 valence electrons. The van der Waals surface area contributed by atoms with Gasteiger partial charge in [-0.15, -0.1) is 0 Å². The van der Waals surface area contributed by atoms with E-state index in [4.69, 9.17) is 0 Å². The fourth-order valence-electron chi connectivity index (χ4n) is 7.10. The third-order valence-corrected chi connectivity index (χ3v) is 14.1. The van der Waals surface area contributed by atoms with Gasteiger partial charge in [0.15, 0.2) is 0 Å². The van der Waals surface area contributed by atoms with Crippen LogP contribution in [0.2, 0.25) is 0 Å². The van der Waals surface area contributed by atoms with Gasteiger partial charge in [0, 0.05) is 12.0 Å². The van der Waals surface area contributed by atoms with Crippen molar-refractivity contribution < 1.29 is 0 Å². The highest BCUT2D eigenvalue weighted by atomic mass is 31.1. The predicted octanol–water partition coefficient (Wildman–Crippen LogP) is 8.01. The van der Waals surface area contributed by atoms with Crippen molar-refractivity contribution in [2.45, 2.75) is 31.7 Å². The van der Waals surface area contributed by atoms with Gasteiger partial charge in [-0.05, 0) is 92.0 Å². The van der Waals surface area contributed by atoms with Crippen LogP contribution in [0.5, 0.6) is 0 Å². The smallest absolute Gasteiger partial charge is 0.0423 e. The lowest BCUT2D eigenvalue weighted by atomic mass is 9.91. The molecule has 0 saturated carbocycles. The van der Waals surface area contributed by atoms with Crippen LogP contribution in [0.1, 0.15) is 37.3 Å². The maximum atomic E-state index is 2.84. The summed E-state index contributed by atoms with van der Waals surface area (Å²) in [5.74, 6) is 0.495. The van der Waals surface area contributed by atoms with E-state index in [1.165, 1.54) is 64.4 Å². The zero-order valence-corrected chi connectivity index (χ0v) is 26.5. The molecule has 1 saturated heterocycles.